The van der Waals surface area contributed by atoms with Gasteiger partial charge in [0, 0.05) is 28.2 Å². The largest absolute Gasteiger partial charge is 0.326 e. The van der Waals surface area contributed by atoms with Gasteiger partial charge in [-0.25, -0.2) is 4.39 Å². The zero-order valence-corrected chi connectivity index (χ0v) is 18.3. The third-order valence-corrected chi connectivity index (χ3v) is 7.64. The molecular formula is C26H26ClFN2O. The summed E-state index contributed by atoms with van der Waals surface area (Å²) in [6, 6.07) is 14.1. The van der Waals surface area contributed by atoms with Crippen molar-refractivity contribution in [1.29, 1.82) is 0 Å². The summed E-state index contributed by atoms with van der Waals surface area (Å²) in [6.07, 6.45) is 7.12. The molecule has 2 aromatic carbocycles. The first kappa shape index (κ1) is 20.4. The molecule has 31 heavy (non-hydrogen) atoms. The number of fused-ring (bicyclic) bond motifs is 1. The molecule has 5 heteroatoms. The summed E-state index contributed by atoms with van der Waals surface area (Å²) >= 11 is 5.94. The van der Waals surface area contributed by atoms with Crippen LogP contribution in [-0.4, -0.2) is 10.9 Å². The molecule has 2 aliphatic rings. The van der Waals surface area contributed by atoms with Gasteiger partial charge >= 0.3 is 0 Å². The lowest BCUT2D eigenvalue weighted by atomic mass is 9.45. The molecule has 2 saturated carbocycles. The first-order valence-corrected chi connectivity index (χ1v) is 11.4. The molecule has 2 fully saturated rings. The fourth-order valence-corrected chi connectivity index (χ4v) is 6.00. The molecule has 1 aromatic heterocycles. The van der Waals surface area contributed by atoms with Gasteiger partial charge in [-0.1, -0.05) is 18.5 Å². The van der Waals surface area contributed by atoms with E-state index in [2.05, 4.69) is 17.2 Å². The first-order valence-electron chi connectivity index (χ1n) is 11.1. The van der Waals surface area contributed by atoms with Gasteiger partial charge in [0.15, 0.2) is 0 Å². The van der Waals surface area contributed by atoms with Gasteiger partial charge in [0.1, 0.15) is 5.82 Å². The second-order valence-electron chi connectivity index (χ2n) is 9.35. The number of amides is 1. The highest BCUT2D eigenvalue weighted by molar-refractivity contribution is 6.30. The van der Waals surface area contributed by atoms with Crippen molar-refractivity contribution in [3.8, 4) is 0 Å². The Morgan fingerprint density at radius 3 is 2.61 bits per heavy atom. The molecule has 1 spiro atoms. The molecule has 1 atom stereocenters. The predicted octanol–water partition coefficient (Wildman–Crippen LogP) is 6.97. The van der Waals surface area contributed by atoms with Crippen molar-refractivity contribution in [2.24, 2.45) is 17.3 Å². The van der Waals surface area contributed by atoms with Crippen LogP contribution in [0.15, 0.2) is 54.7 Å². The summed E-state index contributed by atoms with van der Waals surface area (Å²) < 4.78 is 13.8. The lowest BCUT2D eigenvalue weighted by molar-refractivity contribution is -0.129. The molecular weight excluding hydrogens is 411 g/mol. The number of pyridine rings is 1. The normalized spacial score (nSPS) is 25.6. The van der Waals surface area contributed by atoms with E-state index in [0.29, 0.717) is 22.3 Å². The maximum Gasteiger partial charge on any atom is 0.227 e. The van der Waals surface area contributed by atoms with Gasteiger partial charge in [-0.2, -0.15) is 0 Å². The van der Waals surface area contributed by atoms with Crippen LogP contribution in [0.3, 0.4) is 0 Å². The van der Waals surface area contributed by atoms with Gasteiger partial charge in [-0.05, 0) is 103 Å². The van der Waals surface area contributed by atoms with Crippen LogP contribution >= 0.6 is 11.6 Å². The number of aromatic nitrogens is 1. The highest BCUT2D eigenvalue weighted by Gasteiger charge is 2.55. The number of benzene rings is 2. The van der Waals surface area contributed by atoms with E-state index in [9.17, 15) is 9.18 Å². The highest BCUT2D eigenvalue weighted by atomic mass is 35.5. The molecule has 0 saturated heterocycles. The molecule has 1 amide bonds. The highest BCUT2D eigenvalue weighted by Crippen LogP contribution is 2.66. The Balaban J connectivity index is 1.22. The minimum atomic E-state index is -0.211. The summed E-state index contributed by atoms with van der Waals surface area (Å²) in [5, 5.41) is 4.65. The number of rotatable bonds is 5. The Labute approximate surface area is 187 Å². The fraction of sp³-hybridized carbons (Fsp3) is 0.385. The molecule has 160 valence electrons. The summed E-state index contributed by atoms with van der Waals surface area (Å²) in [6.45, 7) is 2.10. The van der Waals surface area contributed by atoms with E-state index < -0.39 is 0 Å². The van der Waals surface area contributed by atoms with Gasteiger partial charge in [-0.15, -0.1) is 0 Å². The molecule has 3 aromatic rings. The maximum absolute atomic E-state index is 13.8. The molecule has 1 N–H and O–H groups in total. The van der Waals surface area contributed by atoms with Crippen LogP contribution in [0.1, 0.15) is 50.5 Å². The van der Waals surface area contributed by atoms with E-state index in [0.717, 1.165) is 48.7 Å². The Morgan fingerprint density at radius 2 is 1.90 bits per heavy atom. The molecule has 2 aliphatic carbocycles. The molecule has 1 unspecified atom stereocenters. The molecule has 5 rings (SSSR count). The van der Waals surface area contributed by atoms with Gasteiger partial charge in [0.25, 0.3) is 0 Å². The van der Waals surface area contributed by atoms with Gasteiger partial charge in [0.05, 0.1) is 5.52 Å². The molecule has 0 bridgehead atoms. The van der Waals surface area contributed by atoms with E-state index in [1.54, 1.807) is 24.3 Å². The average molecular weight is 437 g/mol. The summed E-state index contributed by atoms with van der Waals surface area (Å²) in [5.74, 6) is 0.824. The van der Waals surface area contributed by atoms with Crippen LogP contribution in [-0.2, 0) is 4.79 Å². The molecule has 3 nitrogen and oxygen atoms in total. The zero-order chi connectivity index (χ0) is 21.6. The predicted molar refractivity (Wildman–Crippen MR) is 123 cm³/mol. The van der Waals surface area contributed by atoms with Crippen molar-refractivity contribution in [2.45, 2.75) is 44.9 Å². The van der Waals surface area contributed by atoms with Crippen molar-refractivity contribution in [1.82, 2.24) is 4.98 Å². The standard InChI is InChI=1S/C26H26ClFN2O/c1-2-21(25(31)30-20-6-3-18(27)4-7-20)16-12-26(13-16)14-17(15-26)22-9-10-29-24-8-5-19(28)11-23(22)24/h3-11,16-17,21H,2,12-15H2,1H3,(H,30,31). The Hall–Kier alpha value is -2.46. The van der Waals surface area contributed by atoms with Crippen LogP contribution in [0.5, 0.6) is 0 Å². The third-order valence-electron chi connectivity index (χ3n) is 7.38. The van der Waals surface area contributed by atoms with E-state index >= 15 is 0 Å². The number of nitrogens with zero attached hydrogens (tertiary/aromatic N) is 1. The van der Waals surface area contributed by atoms with Gasteiger partial charge < -0.3 is 5.32 Å². The third kappa shape index (κ3) is 3.82. The van der Waals surface area contributed by atoms with Gasteiger partial charge in [-0.3, -0.25) is 9.78 Å². The van der Waals surface area contributed by atoms with E-state index in [-0.39, 0.29) is 17.6 Å². The van der Waals surface area contributed by atoms with Crippen LogP contribution in [0.25, 0.3) is 10.9 Å². The number of hydrogen-bond acceptors (Lipinski definition) is 2. The fourth-order valence-electron chi connectivity index (χ4n) is 5.87. The van der Waals surface area contributed by atoms with Crippen molar-refractivity contribution < 1.29 is 9.18 Å². The summed E-state index contributed by atoms with van der Waals surface area (Å²) in [7, 11) is 0. The number of hydrogen-bond donors (Lipinski definition) is 1. The van der Waals surface area contributed by atoms with Crippen molar-refractivity contribution in [2.75, 3.05) is 5.32 Å². The second kappa shape index (κ2) is 7.90. The zero-order valence-electron chi connectivity index (χ0n) is 17.6. The molecule has 0 radical (unpaired) electrons. The van der Waals surface area contributed by atoms with Gasteiger partial charge in [0.2, 0.25) is 5.91 Å². The van der Waals surface area contributed by atoms with Crippen molar-refractivity contribution in [3.05, 3.63) is 71.1 Å². The first-order chi connectivity index (χ1) is 15.0. The Morgan fingerprint density at radius 1 is 1.16 bits per heavy atom. The maximum atomic E-state index is 13.8. The SMILES string of the molecule is CCC(C(=O)Nc1ccc(Cl)cc1)C1CC2(CC(c3ccnc4ccc(F)cc34)C2)C1. The average Bonchev–Trinajstić information content (AvgIpc) is 2.70. The number of nitrogens with one attached hydrogen (secondary N) is 1. The number of halogens is 2. The minimum absolute atomic E-state index is 0.0382. The lowest BCUT2D eigenvalue weighted by Gasteiger charge is -2.59. The monoisotopic (exact) mass is 436 g/mol. The quantitative estimate of drug-likeness (QED) is 0.469. The molecule has 1 heterocycles. The molecule has 0 aliphatic heterocycles. The van der Waals surface area contributed by atoms with Crippen LogP contribution < -0.4 is 5.32 Å². The van der Waals surface area contributed by atoms with E-state index in [1.807, 2.05) is 24.4 Å². The Kier molecular flexibility index (Phi) is 5.21. The number of anilines is 1. The van der Waals surface area contributed by atoms with Crippen LogP contribution in [0.4, 0.5) is 10.1 Å². The van der Waals surface area contributed by atoms with Crippen LogP contribution in [0, 0.1) is 23.1 Å². The summed E-state index contributed by atoms with van der Waals surface area (Å²) in [5.41, 5.74) is 3.22. The Bertz CT molecular complexity index is 1120. The van der Waals surface area contributed by atoms with E-state index in [4.69, 9.17) is 11.6 Å². The lowest BCUT2D eigenvalue weighted by Crippen LogP contribution is -2.50. The van der Waals surface area contributed by atoms with Crippen molar-refractivity contribution >= 4 is 34.1 Å². The summed E-state index contributed by atoms with van der Waals surface area (Å²) in [4.78, 5) is 17.2. The number of carbonyl (C=O) groups excluding carboxylic acids is 1. The smallest absolute Gasteiger partial charge is 0.227 e. The topological polar surface area (TPSA) is 42.0 Å². The second-order valence-corrected chi connectivity index (χ2v) is 9.78. The minimum Gasteiger partial charge on any atom is -0.326 e. The van der Waals surface area contributed by atoms with Crippen molar-refractivity contribution in [3.63, 3.8) is 0 Å². The van der Waals surface area contributed by atoms with Crippen LogP contribution in [0.2, 0.25) is 5.02 Å². The number of carbonyl (C=O) groups is 1. The van der Waals surface area contributed by atoms with E-state index in [1.165, 1.54) is 11.6 Å².